The number of carbonyl (C=O) groups excluding carboxylic acids is 2. The van der Waals surface area contributed by atoms with Gasteiger partial charge in [0, 0.05) is 6.54 Å². The lowest BCUT2D eigenvalue weighted by atomic mass is 10.1. The summed E-state index contributed by atoms with van der Waals surface area (Å²) in [6.45, 7) is 6.07. The summed E-state index contributed by atoms with van der Waals surface area (Å²) in [4.78, 5) is 34.3. The van der Waals surface area contributed by atoms with Gasteiger partial charge in [-0.2, -0.15) is 0 Å². The number of nitrogens with one attached hydrogen (secondary N) is 2. The number of rotatable bonds is 6. The molecule has 1 saturated heterocycles. The van der Waals surface area contributed by atoms with Crippen molar-refractivity contribution in [3.8, 4) is 0 Å². The normalized spacial score (nSPS) is 23.4. The largest absolute Gasteiger partial charge is 0.479 e. The monoisotopic (exact) mass is 286 g/mol. The van der Waals surface area contributed by atoms with Gasteiger partial charge < -0.3 is 20.5 Å². The molecule has 2 amide bonds. The smallest absolute Gasteiger partial charge is 0.332 e. The van der Waals surface area contributed by atoms with Gasteiger partial charge in [-0.1, -0.05) is 13.8 Å². The van der Waals surface area contributed by atoms with E-state index in [1.54, 1.807) is 6.92 Å². The van der Waals surface area contributed by atoms with Gasteiger partial charge in [0.05, 0.1) is 0 Å². The second-order valence-corrected chi connectivity index (χ2v) is 5.40. The number of carboxylic acids is 1. The molecular formula is C13H22N2O5. The molecule has 20 heavy (non-hydrogen) atoms. The zero-order valence-electron chi connectivity index (χ0n) is 12.0. The number of carboxylic acid groups (broad SMARTS) is 1. The van der Waals surface area contributed by atoms with E-state index in [2.05, 4.69) is 10.6 Å². The van der Waals surface area contributed by atoms with E-state index in [0.29, 0.717) is 25.3 Å². The van der Waals surface area contributed by atoms with Gasteiger partial charge in [0.25, 0.3) is 0 Å². The molecule has 3 N–H and O–H groups in total. The second-order valence-electron chi connectivity index (χ2n) is 5.40. The van der Waals surface area contributed by atoms with Crippen LogP contribution >= 0.6 is 0 Å². The minimum Gasteiger partial charge on any atom is -0.479 e. The van der Waals surface area contributed by atoms with Crippen LogP contribution in [-0.2, 0) is 19.1 Å². The summed E-state index contributed by atoms with van der Waals surface area (Å²) in [5.74, 6) is -1.44. The molecule has 0 spiro atoms. The fourth-order valence-corrected chi connectivity index (χ4v) is 1.84. The molecule has 1 heterocycles. The van der Waals surface area contributed by atoms with Crippen LogP contribution in [0.2, 0.25) is 0 Å². The number of aliphatic carboxylic acids is 1. The Bertz CT molecular complexity index is 383. The highest BCUT2D eigenvalue weighted by atomic mass is 16.5. The Morgan fingerprint density at radius 2 is 1.80 bits per heavy atom. The van der Waals surface area contributed by atoms with Crippen molar-refractivity contribution >= 4 is 17.8 Å². The van der Waals surface area contributed by atoms with Crippen molar-refractivity contribution in [1.29, 1.82) is 0 Å². The average molecular weight is 286 g/mol. The van der Waals surface area contributed by atoms with Gasteiger partial charge in [-0.25, -0.2) is 4.79 Å². The van der Waals surface area contributed by atoms with Crippen molar-refractivity contribution in [2.24, 2.45) is 5.92 Å². The average Bonchev–Trinajstić information content (AvgIpc) is 2.85. The molecule has 3 atom stereocenters. The van der Waals surface area contributed by atoms with E-state index >= 15 is 0 Å². The predicted octanol–water partition coefficient (Wildman–Crippen LogP) is -0.104. The van der Waals surface area contributed by atoms with E-state index in [-0.39, 0.29) is 5.91 Å². The molecule has 0 aliphatic carbocycles. The molecule has 1 fully saturated rings. The van der Waals surface area contributed by atoms with Gasteiger partial charge in [0.2, 0.25) is 11.8 Å². The van der Waals surface area contributed by atoms with Crippen LogP contribution in [0.15, 0.2) is 0 Å². The van der Waals surface area contributed by atoms with Crippen molar-refractivity contribution in [1.82, 2.24) is 10.6 Å². The second kappa shape index (κ2) is 7.23. The maximum absolute atomic E-state index is 11.9. The number of ether oxygens (including phenoxy) is 1. The van der Waals surface area contributed by atoms with Crippen LogP contribution in [0.1, 0.15) is 33.6 Å². The van der Waals surface area contributed by atoms with Gasteiger partial charge in [-0.3, -0.25) is 9.59 Å². The summed E-state index contributed by atoms with van der Waals surface area (Å²) < 4.78 is 5.12. The Morgan fingerprint density at radius 1 is 1.20 bits per heavy atom. The number of carbonyl (C=O) groups is 3. The summed E-state index contributed by atoms with van der Waals surface area (Å²) in [5.41, 5.74) is 0. The van der Waals surface area contributed by atoms with E-state index in [4.69, 9.17) is 9.84 Å². The fraction of sp³-hybridized carbons (Fsp3) is 0.769. The summed E-state index contributed by atoms with van der Waals surface area (Å²) in [6, 6.07) is -0.672. The Morgan fingerprint density at radius 3 is 2.30 bits per heavy atom. The third-order valence-electron chi connectivity index (χ3n) is 3.02. The Balaban J connectivity index is 2.38. The summed E-state index contributed by atoms with van der Waals surface area (Å²) in [5, 5.41) is 14.0. The van der Waals surface area contributed by atoms with Gasteiger partial charge in [0.15, 0.2) is 6.10 Å². The maximum Gasteiger partial charge on any atom is 0.332 e. The molecule has 0 aromatic rings. The molecule has 0 aromatic carbocycles. The van der Waals surface area contributed by atoms with Crippen LogP contribution in [0, 0.1) is 5.92 Å². The molecule has 7 nitrogen and oxygen atoms in total. The zero-order valence-corrected chi connectivity index (χ0v) is 12.0. The van der Waals surface area contributed by atoms with E-state index in [1.165, 1.54) is 0 Å². The molecule has 1 aliphatic rings. The lowest BCUT2D eigenvalue weighted by Gasteiger charge is -2.17. The molecule has 0 saturated carbocycles. The molecule has 7 heteroatoms. The van der Waals surface area contributed by atoms with Gasteiger partial charge in [-0.05, 0) is 25.7 Å². The van der Waals surface area contributed by atoms with Crippen molar-refractivity contribution in [3.63, 3.8) is 0 Å². The van der Waals surface area contributed by atoms with Crippen molar-refractivity contribution in [2.75, 3.05) is 6.54 Å². The Kier molecular flexibility index (Phi) is 5.94. The minimum absolute atomic E-state index is 0.264. The first kappa shape index (κ1) is 16.4. The van der Waals surface area contributed by atoms with Crippen molar-refractivity contribution in [3.05, 3.63) is 0 Å². The van der Waals surface area contributed by atoms with Crippen LogP contribution in [0.4, 0.5) is 0 Å². The van der Waals surface area contributed by atoms with Gasteiger partial charge >= 0.3 is 5.97 Å². The molecule has 0 bridgehead atoms. The minimum atomic E-state index is -1.07. The van der Waals surface area contributed by atoms with Crippen LogP contribution in [0.3, 0.4) is 0 Å². The summed E-state index contributed by atoms with van der Waals surface area (Å²) >= 11 is 0. The topological polar surface area (TPSA) is 105 Å². The molecule has 0 radical (unpaired) electrons. The van der Waals surface area contributed by atoms with Crippen molar-refractivity contribution in [2.45, 2.75) is 51.9 Å². The molecule has 114 valence electrons. The van der Waals surface area contributed by atoms with Crippen molar-refractivity contribution < 1.29 is 24.2 Å². The van der Waals surface area contributed by atoms with Crippen LogP contribution < -0.4 is 10.6 Å². The van der Waals surface area contributed by atoms with Crippen LogP contribution in [0.25, 0.3) is 0 Å². The molecule has 1 rings (SSSR count). The SMILES string of the molecule is CC(C)CNC(=O)C(C)NC(=O)C1CCC(C(=O)O)O1. The first-order chi connectivity index (χ1) is 9.31. The highest BCUT2D eigenvalue weighted by Gasteiger charge is 2.35. The van der Waals surface area contributed by atoms with Crippen LogP contribution in [0.5, 0.6) is 0 Å². The van der Waals surface area contributed by atoms with Gasteiger partial charge in [0.1, 0.15) is 12.1 Å². The van der Waals surface area contributed by atoms with Gasteiger partial charge in [-0.15, -0.1) is 0 Å². The molecule has 0 aromatic heterocycles. The molecule has 1 aliphatic heterocycles. The highest BCUT2D eigenvalue weighted by Crippen LogP contribution is 2.20. The molecule has 3 unspecified atom stereocenters. The van der Waals surface area contributed by atoms with E-state index in [0.717, 1.165) is 0 Å². The lowest BCUT2D eigenvalue weighted by molar-refractivity contribution is -0.152. The number of hydrogen-bond donors (Lipinski definition) is 3. The zero-order chi connectivity index (χ0) is 15.3. The molecular weight excluding hydrogens is 264 g/mol. The first-order valence-electron chi connectivity index (χ1n) is 6.77. The lowest BCUT2D eigenvalue weighted by Crippen LogP contribution is -2.48. The van der Waals surface area contributed by atoms with E-state index < -0.39 is 30.1 Å². The third-order valence-corrected chi connectivity index (χ3v) is 3.02. The third kappa shape index (κ3) is 4.80. The van der Waals surface area contributed by atoms with E-state index in [9.17, 15) is 14.4 Å². The number of amides is 2. The van der Waals surface area contributed by atoms with Crippen LogP contribution in [-0.4, -0.2) is 47.7 Å². The highest BCUT2D eigenvalue weighted by molar-refractivity contribution is 5.89. The quantitative estimate of drug-likeness (QED) is 0.632. The number of hydrogen-bond acceptors (Lipinski definition) is 4. The predicted molar refractivity (Wildman–Crippen MR) is 71.0 cm³/mol. The van der Waals surface area contributed by atoms with E-state index in [1.807, 2.05) is 13.8 Å². The first-order valence-corrected chi connectivity index (χ1v) is 6.77. The summed E-state index contributed by atoms with van der Waals surface area (Å²) in [7, 11) is 0. The Hall–Kier alpha value is -1.63. The standard InChI is InChI=1S/C13H22N2O5/c1-7(2)6-14-11(16)8(3)15-12(17)9-4-5-10(20-9)13(18)19/h7-10H,4-6H2,1-3H3,(H,14,16)(H,15,17)(H,18,19). The fourth-order valence-electron chi connectivity index (χ4n) is 1.84. The summed E-state index contributed by atoms with van der Waals surface area (Å²) in [6.07, 6.45) is -1.07. The Labute approximate surface area is 118 Å². The maximum atomic E-state index is 11.9.